The molecule has 4 rings (SSSR count). The number of thiophene rings is 1. The van der Waals surface area contributed by atoms with Gasteiger partial charge >= 0.3 is 0 Å². The van der Waals surface area contributed by atoms with Crippen molar-refractivity contribution in [2.24, 2.45) is 0 Å². The molecule has 29 heavy (non-hydrogen) atoms. The number of nitrogens with zero attached hydrogens (tertiary/aromatic N) is 4. The molecule has 1 atom stereocenters. The molecule has 1 fully saturated rings. The molecule has 1 aliphatic heterocycles. The van der Waals surface area contributed by atoms with Gasteiger partial charge in [-0.1, -0.05) is 30.3 Å². The summed E-state index contributed by atoms with van der Waals surface area (Å²) >= 11 is 7.72. The minimum absolute atomic E-state index is 0.00600. The van der Waals surface area contributed by atoms with Crippen LogP contribution in [0.3, 0.4) is 0 Å². The van der Waals surface area contributed by atoms with E-state index in [2.05, 4.69) is 30.9 Å². The summed E-state index contributed by atoms with van der Waals surface area (Å²) in [6.45, 7) is 8.85. The Morgan fingerprint density at radius 1 is 1.14 bits per heavy atom. The molecule has 1 aromatic carbocycles. The number of fused-ring (bicyclic) bond motifs is 1. The molecule has 1 unspecified atom stereocenters. The van der Waals surface area contributed by atoms with Crippen LogP contribution in [0, 0.1) is 13.8 Å². The summed E-state index contributed by atoms with van der Waals surface area (Å²) in [7, 11) is 0. The Hall–Kier alpha value is -2.18. The Labute approximate surface area is 180 Å². The average Bonchev–Trinajstić information content (AvgIpc) is 3.01. The Morgan fingerprint density at radius 3 is 2.48 bits per heavy atom. The molecule has 3 heterocycles. The highest BCUT2D eigenvalue weighted by atomic mass is 35.5. The standard InChI is InChI=1S/C22H25ClN4OS/c1-14-16(3)29-21-19(14)20(24-18(25-21)13-17-7-5-4-6-8-17)26-9-11-27(12-10-26)22(28)15(2)23/h4-8,15H,9-13H2,1-3H3. The molecule has 0 aliphatic carbocycles. The van der Waals surface area contributed by atoms with E-state index in [-0.39, 0.29) is 5.91 Å². The fourth-order valence-electron chi connectivity index (χ4n) is 3.75. The summed E-state index contributed by atoms with van der Waals surface area (Å²) in [4.78, 5) is 28.5. The van der Waals surface area contributed by atoms with Crippen LogP contribution in [0.4, 0.5) is 5.82 Å². The number of aromatic nitrogens is 2. The Morgan fingerprint density at radius 2 is 1.83 bits per heavy atom. The summed E-state index contributed by atoms with van der Waals surface area (Å²) in [5.74, 6) is 1.84. The lowest BCUT2D eigenvalue weighted by atomic mass is 10.1. The number of hydrogen-bond donors (Lipinski definition) is 0. The maximum absolute atomic E-state index is 12.2. The van der Waals surface area contributed by atoms with E-state index in [1.807, 2.05) is 23.1 Å². The molecule has 0 saturated carbocycles. The predicted molar refractivity (Wildman–Crippen MR) is 120 cm³/mol. The van der Waals surface area contributed by atoms with Gasteiger partial charge in [-0.05, 0) is 31.9 Å². The summed E-state index contributed by atoms with van der Waals surface area (Å²) in [5.41, 5.74) is 2.45. The molecule has 3 aromatic rings. The number of amides is 1. The highest BCUT2D eigenvalue weighted by Crippen LogP contribution is 2.35. The first kappa shape index (κ1) is 20.1. The molecule has 1 aliphatic rings. The van der Waals surface area contributed by atoms with Crippen molar-refractivity contribution in [1.29, 1.82) is 0 Å². The molecule has 2 aromatic heterocycles. The van der Waals surface area contributed by atoms with Gasteiger partial charge in [-0.25, -0.2) is 9.97 Å². The predicted octanol–water partition coefficient (Wildman–Crippen LogP) is 4.17. The van der Waals surface area contributed by atoms with Crippen LogP contribution in [0.1, 0.15) is 28.8 Å². The van der Waals surface area contributed by atoms with Gasteiger partial charge in [-0.3, -0.25) is 4.79 Å². The van der Waals surface area contributed by atoms with Gasteiger partial charge in [0.15, 0.2) is 0 Å². The van der Waals surface area contributed by atoms with Gasteiger partial charge in [-0.15, -0.1) is 22.9 Å². The van der Waals surface area contributed by atoms with Gasteiger partial charge in [0.05, 0.1) is 5.39 Å². The van der Waals surface area contributed by atoms with Crippen LogP contribution in [0.2, 0.25) is 0 Å². The number of anilines is 1. The third kappa shape index (κ3) is 4.09. The van der Waals surface area contributed by atoms with Gasteiger partial charge in [-0.2, -0.15) is 0 Å². The summed E-state index contributed by atoms with van der Waals surface area (Å²) < 4.78 is 0. The highest BCUT2D eigenvalue weighted by molar-refractivity contribution is 7.18. The molecular formula is C22H25ClN4OS. The maximum Gasteiger partial charge on any atom is 0.240 e. The highest BCUT2D eigenvalue weighted by Gasteiger charge is 2.27. The van der Waals surface area contributed by atoms with Crippen LogP contribution in [-0.4, -0.2) is 52.3 Å². The van der Waals surface area contributed by atoms with E-state index in [4.69, 9.17) is 21.6 Å². The van der Waals surface area contributed by atoms with Crippen molar-refractivity contribution in [3.63, 3.8) is 0 Å². The lowest BCUT2D eigenvalue weighted by molar-refractivity contribution is -0.130. The third-order valence-electron chi connectivity index (χ3n) is 5.49. The van der Waals surface area contributed by atoms with E-state index < -0.39 is 5.38 Å². The van der Waals surface area contributed by atoms with Gasteiger partial charge in [0.1, 0.15) is 21.8 Å². The molecule has 0 bridgehead atoms. The van der Waals surface area contributed by atoms with Gasteiger partial charge in [0, 0.05) is 37.5 Å². The van der Waals surface area contributed by atoms with Crippen LogP contribution >= 0.6 is 22.9 Å². The topological polar surface area (TPSA) is 49.3 Å². The zero-order valence-corrected chi connectivity index (χ0v) is 18.6. The Bertz CT molecular complexity index is 1030. The molecule has 0 N–H and O–H groups in total. The number of hydrogen-bond acceptors (Lipinski definition) is 5. The van der Waals surface area contributed by atoms with Crippen molar-refractivity contribution >= 4 is 44.9 Å². The number of halogens is 1. The number of alkyl halides is 1. The van der Waals surface area contributed by atoms with E-state index >= 15 is 0 Å². The SMILES string of the molecule is Cc1sc2nc(Cc3ccccc3)nc(N3CCN(C(=O)C(C)Cl)CC3)c2c1C. The van der Waals surface area contributed by atoms with E-state index in [1.165, 1.54) is 16.0 Å². The quantitative estimate of drug-likeness (QED) is 0.585. The zero-order valence-electron chi connectivity index (χ0n) is 17.0. The average molecular weight is 429 g/mol. The fraction of sp³-hybridized carbons (Fsp3) is 0.409. The fourth-order valence-corrected chi connectivity index (χ4v) is 4.93. The lowest BCUT2D eigenvalue weighted by Crippen LogP contribution is -2.50. The third-order valence-corrected chi connectivity index (χ3v) is 6.78. The summed E-state index contributed by atoms with van der Waals surface area (Å²) in [5, 5.41) is 0.668. The van der Waals surface area contributed by atoms with E-state index in [1.54, 1.807) is 18.3 Å². The van der Waals surface area contributed by atoms with Crippen molar-refractivity contribution in [3.05, 3.63) is 52.2 Å². The number of benzene rings is 1. The molecule has 0 radical (unpaired) electrons. The van der Waals surface area contributed by atoms with E-state index in [0.29, 0.717) is 19.5 Å². The summed E-state index contributed by atoms with van der Waals surface area (Å²) in [6.07, 6.45) is 0.710. The normalized spacial score (nSPS) is 15.7. The number of carbonyl (C=O) groups is 1. The van der Waals surface area contributed by atoms with E-state index in [9.17, 15) is 4.79 Å². The summed E-state index contributed by atoms with van der Waals surface area (Å²) in [6, 6.07) is 10.3. The van der Waals surface area contributed by atoms with Gasteiger partial charge in [0.2, 0.25) is 5.91 Å². The minimum atomic E-state index is -0.480. The first-order chi connectivity index (χ1) is 13.9. The molecular weight excluding hydrogens is 404 g/mol. The first-order valence-electron chi connectivity index (χ1n) is 9.92. The van der Waals surface area contributed by atoms with Crippen LogP contribution < -0.4 is 4.90 Å². The smallest absolute Gasteiger partial charge is 0.240 e. The zero-order chi connectivity index (χ0) is 20.5. The van der Waals surface area contributed by atoms with Crippen LogP contribution in [0.15, 0.2) is 30.3 Å². The molecule has 1 saturated heterocycles. The van der Waals surface area contributed by atoms with Crippen molar-refractivity contribution in [3.8, 4) is 0 Å². The van der Waals surface area contributed by atoms with E-state index in [0.717, 1.165) is 34.9 Å². The molecule has 152 valence electrons. The Kier molecular flexibility index (Phi) is 5.74. The number of aryl methyl sites for hydroxylation is 2. The molecule has 7 heteroatoms. The van der Waals surface area contributed by atoms with Crippen LogP contribution in [0.25, 0.3) is 10.2 Å². The van der Waals surface area contributed by atoms with Gasteiger partial charge < -0.3 is 9.80 Å². The number of rotatable bonds is 4. The van der Waals surface area contributed by atoms with Crippen molar-refractivity contribution in [2.45, 2.75) is 32.6 Å². The van der Waals surface area contributed by atoms with Crippen LogP contribution in [0.5, 0.6) is 0 Å². The monoisotopic (exact) mass is 428 g/mol. The van der Waals surface area contributed by atoms with Crippen LogP contribution in [-0.2, 0) is 11.2 Å². The second kappa shape index (κ2) is 8.28. The maximum atomic E-state index is 12.2. The Balaban J connectivity index is 1.66. The molecule has 0 spiro atoms. The molecule has 5 nitrogen and oxygen atoms in total. The second-order valence-electron chi connectivity index (χ2n) is 7.52. The largest absolute Gasteiger partial charge is 0.352 e. The lowest BCUT2D eigenvalue weighted by Gasteiger charge is -2.36. The minimum Gasteiger partial charge on any atom is -0.352 e. The van der Waals surface area contributed by atoms with Crippen molar-refractivity contribution in [1.82, 2.24) is 14.9 Å². The number of piperazine rings is 1. The molecule has 1 amide bonds. The van der Waals surface area contributed by atoms with Gasteiger partial charge in [0.25, 0.3) is 0 Å². The second-order valence-corrected chi connectivity index (χ2v) is 9.38. The first-order valence-corrected chi connectivity index (χ1v) is 11.2. The van der Waals surface area contributed by atoms with Crippen molar-refractivity contribution in [2.75, 3.05) is 31.1 Å². The number of carbonyl (C=O) groups excluding carboxylic acids is 1. The van der Waals surface area contributed by atoms with Crippen molar-refractivity contribution < 1.29 is 4.79 Å².